The normalized spacial score (nSPS) is 19.4. The minimum Gasteiger partial charge on any atom is -0.353 e. The van der Waals surface area contributed by atoms with Gasteiger partial charge in [-0.2, -0.15) is 0 Å². The van der Waals surface area contributed by atoms with E-state index >= 15 is 0 Å². The standard InChI is InChI=1S/C19H22FN3.HI/c1-23(2)19(21-13-14-8-4-3-5-9-14)22-18-12-16(18)15-10-6-7-11-17(15)20;/h3-11,16,18H,12-13H2,1-2H3,(H,21,22);1H. The molecule has 0 aliphatic heterocycles. The van der Waals surface area contributed by atoms with Gasteiger partial charge in [0.25, 0.3) is 0 Å². The lowest BCUT2D eigenvalue weighted by atomic mass is 10.1. The molecule has 0 aromatic heterocycles. The van der Waals surface area contributed by atoms with E-state index in [1.54, 1.807) is 6.07 Å². The van der Waals surface area contributed by atoms with Crippen LogP contribution in [0, 0.1) is 5.82 Å². The highest BCUT2D eigenvalue weighted by atomic mass is 127. The Morgan fingerprint density at radius 2 is 1.79 bits per heavy atom. The Hall–Kier alpha value is -1.63. The third kappa shape index (κ3) is 4.69. The summed E-state index contributed by atoms with van der Waals surface area (Å²) in [6.45, 7) is 0.637. The molecule has 2 unspecified atom stereocenters. The Balaban J connectivity index is 0.00000208. The van der Waals surface area contributed by atoms with Gasteiger partial charge in [-0.15, -0.1) is 24.0 Å². The van der Waals surface area contributed by atoms with Crippen molar-refractivity contribution in [2.24, 2.45) is 4.99 Å². The smallest absolute Gasteiger partial charge is 0.193 e. The molecule has 1 aliphatic rings. The molecule has 0 saturated heterocycles. The minimum atomic E-state index is -0.116. The first-order chi connectivity index (χ1) is 11.1. The van der Waals surface area contributed by atoms with Gasteiger partial charge >= 0.3 is 0 Å². The summed E-state index contributed by atoms with van der Waals surface area (Å²) in [5, 5.41) is 3.45. The fourth-order valence-corrected chi connectivity index (χ4v) is 2.71. The zero-order valence-electron chi connectivity index (χ0n) is 13.9. The second-order valence-corrected chi connectivity index (χ2v) is 6.13. The molecule has 2 atom stereocenters. The van der Waals surface area contributed by atoms with Gasteiger partial charge in [-0.25, -0.2) is 9.38 Å². The van der Waals surface area contributed by atoms with Gasteiger partial charge in [-0.1, -0.05) is 48.5 Å². The molecular formula is C19H23FIN3. The van der Waals surface area contributed by atoms with Crippen LogP contribution in [0.2, 0.25) is 0 Å². The Kier molecular flexibility index (Phi) is 6.60. The molecule has 0 spiro atoms. The number of benzene rings is 2. The average molecular weight is 439 g/mol. The molecule has 1 N–H and O–H groups in total. The molecule has 24 heavy (non-hydrogen) atoms. The van der Waals surface area contributed by atoms with Crippen molar-refractivity contribution < 1.29 is 4.39 Å². The number of hydrogen-bond acceptors (Lipinski definition) is 1. The molecule has 0 amide bonds. The topological polar surface area (TPSA) is 27.6 Å². The van der Waals surface area contributed by atoms with Crippen molar-refractivity contribution in [3.8, 4) is 0 Å². The Labute approximate surface area is 160 Å². The van der Waals surface area contributed by atoms with Crippen LogP contribution in [0.25, 0.3) is 0 Å². The van der Waals surface area contributed by atoms with Crippen LogP contribution in [0.3, 0.4) is 0 Å². The first-order valence-corrected chi connectivity index (χ1v) is 7.92. The van der Waals surface area contributed by atoms with E-state index in [1.165, 1.54) is 11.6 Å². The Bertz CT molecular complexity index is 688. The van der Waals surface area contributed by atoms with Crippen LogP contribution in [-0.4, -0.2) is 31.0 Å². The van der Waals surface area contributed by atoms with Crippen LogP contribution in [0.5, 0.6) is 0 Å². The molecule has 2 aromatic rings. The average Bonchev–Trinajstić information content (AvgIpc) is 3.31. The molecule has 128 valence electrons. The first-order valence-electron chi connectivity index (χ1n) is 7.92. The van der Waals surface area contributed by atoms with E-state index in [0.29, 0.717) is 6.54 Å². The number of guanidine groups is 1. The number of aliphatic imine (C=N–C) groups is 1. The summed E-state index contributed by atoms with van der Waals surface area (Å²) in [7, 11) is 3.94. The van der Waals surface area contributed by atoms with Crippen LogP contribution >= 0.6 is 24.0 Å². The lowest BCUT2D eigenvalue weighted by Gasteiger charge is -2.18. The van der Waals surface area contributed by atoms with Crippen molar-refractivity contribution in [3.05, 3.63) is 71.5 Å². The molecule has 3 rings (SSSR count). The molecule has 1 aliphatic carbocycles. The van der Waals surface area contributed by atoms with Crippen molar-refractivity contribution in [1.29, 1.82) is 0 Å². The number of rotatable bonds is 4. The van der Waals surface area contributed by atoms with E-state index in [-0.39, 0.29) is 41.8 Å². The molecular weight excluding hydrogens is 416 g/mol. The fourth-order valence-electron chi connectivity index (χ4n) is 2.71. The fraction of sp³-hybridized carbons (Fsp3) is 0.316. The Morgan fingerprint density at radius 1 is 1.12 bits per heavy atom. The molecule has 1 fully saturated rings. The van der Waals surface area contributed by atoms with Gasteiger partial charge in [-0.3, -0.25) is 0 Å². The van der Waals surface area contributed by atoms with Crippen molar-refractivity contribution >= 4 is 29.9 Å². The summed E-state index contributed by atoms with van der Waals surface area (Å²) in [6, 6.07) is 17.4. The monoisotopic (exact) mass is 439 g/mol. The predicted molar refractivity (Wildman–Crippen MR) is 107 cm³/mol. The lowest BCUT2D eigenvalue weighted by Crippen LogP contribution is -2.38. The molecule has 0 heterocycles. The van der Waals surface area contributed by atoms with Crippen LogP contribution in [0.4, 0.5) is 4.39 Å². The minimum absolute atomic E-state index is 0. The molecule has 3 nitrogen and oxygen atoms in total. The largest absolute Gasteiger partial charge is 0.353 e. The highest BCUT2D eigenvalue weighted by molar-refractivity contribution is 14.0. The molecule has 2 aromatic carbocycles. The molecule has 0 bridgehead atoms. The second kappa shape index (κ2) is 8.46. The van der Waals surface area contributed by atoms with Crippen LogP contribution in [0.15, 0.2) is 59.6 Å². The van der Waals surface area contributed by atoms with Gasteiger partial charge in [0.1, 0.15) is 5.82 Å². The van der Waals surface area contributed by atoms with Gasteiger partial charge in [0, 0.05) is 26.1 Å². The quantitative estimate of drug-likeness (QED) is 0.443. The van der Waals surface area contributed by atoms with Gasteiger partial charge in [-0.05, 0) is 23.6 Å². The summed E-state index contributed by atoms with van der Waals surface area (Å²) < 4.78 is 13.9. The SMILES string of the molecule is CN(C)C(=NCc1ccccc1)NC1CC1c1ccccc1F.I. The highest BCUT2D eigenvalue weighted by Crippen LogP contribution is 2.41. The maximum atomic E-state index is 13.9. The molecule has 5 heteroatoms. The van der Waals surface area contributed by atoms with Gasteiger partial charge in [0.15, 0.2) is 5.96 Å². The van der Waals surface area contributed by atoms with Crippen molar-refractivity contribution in [2.75, 3.05) is 14.1 Å². The molecule has 0 radical (unpaired) electrons. The summed E-state index contributed by atoms with van der Waals surface area (Å²) in [4.78, 5) is 6.63. The summed E-state index contributed by atoms with van der Waals surface area (Å²) in [5.41, 5.74) is 1.97. The number of nitrogens with one attached hydrogen (secondary N) is 1. The van der Waals surface area contributed by atoms with Crippen molar-refractivity contribution in [1.82, 2.24) is 10.2 Å². The number of nitrogens with zero attached hydrogens (tertiary/aromatic N) is 2. The van der Waals surface area contributed by atoms with Crippen molar-refractivity contribution in [2.45, 2.75) is 24.9 Å². The predicted octanol–water partition coefficient (Wildman–Crippen LogP) is 4.01. The van der Waals surface area contributed by atoms with E-state index in [0.717, 1.165) is 17.9 Å². The van der Waals surface area contributed by atoms with E-state index < -0.39 is 0 Å². The Morgan fingerprint density at radius 3 is 2.46 bits per heavy atom. The number of halogens is 2. The van der Waals surface area contributed by atoms with E-state index in [9.17, 15) is 4.39 Å². The molecule has 1 saturated carbocycles. The highest BCUT2D eigenvalue weighted by Gasteiger charge is 2.40. The maximum absolute atomic E-state index is 13.9. The van der Waals surface area contributed by atoms with Gasteiger partial charge in [0.2, 0.25) is 0 Å². The first kappa shape index (κ1) is 18.7. The van der Waals surface area contributed by atoms with Crippen LogP contribution in [0.1, 0.15) is 23.5 Å². The second-order valence-electron chi connectivity index (χ2n) is 6.13. The zero-order valence-corrected chi connectivity index (χ0v) is 16.3. The van der Waals surface area contributed by atoms with E-state index in [2.05, 4.69) is 22.4 Å². The van der Waals surface area contributed by atoms with E-state index in [4.69, 9.17) is 0 Å². The van der Waals surface area contributed by atoms with Gasteiger partial charge in [0.05, 0.1) is 6.54 Å². The lowest BCUT2D eigenvalue weighted by molar-refractivity contribution is 0.572. The maximum Gasteiger partial charge on any atom is 0.193 e. The third-order valence-electron chi connectivity index (χ3n) is 4.09. The summed E-state index contributed by atoms with van der Waals surface area (Å²) in [5.74, 6) is 0.963. The van der Waals surface area contributed by atoms with Crippen LogP contribution < -0.4 is 5.32 Å². The summed E-state index contributed by atoms with van der Waals surface area (Å²) >= 11 is 0. The third-order valence-corrected chi connectivity index (χ3v) is 4.09. The summed E-state index contributed by atoms with van der Waals surface area (Å²) in [6.07, 6.45) is 0.944. The number of hydrogen-bond donors (Lipinski definition) is 1. The van der Waals surface area contributed by atoms with Crippen LogP contribution in [-0.2, 0) is 6.54 Å². The van der Waals surface area contributed by atoms with E-state index in [1.807, 2.05) is 49.3 Å². The van der Waals surface area contributed by atoms with Crippen molar-refractivity contribution in [3.63, 3.8) is 0 Å². The zero-order chi connectivity index (χ0) is 16.2. The van der Waals surface area contributed by atoms with Gasteiger partial charge < -0.3 is 10.2 Å².